The molecule has 0 atom stereocenters. The molecule has 1 aromatic rings. The SMILES string of the molecule is CCOc1ccc(C(=O)N2CCN(C(=O)C(=O)O)CC2)cc1. The summed E-state index contributed by atoms with van der Waals surface area (Å²) in [5.41, 5.74) is 0.543. The van der Waals surface area contributed by atoms with Gasteiger partial charge in [0.1, 0.15) is 5.75 Å². The van der Waals surface area contributed by atoms with Crippen molar-refractivity contribution in [3.8, 4) is 5.75 Å². The third-order valence-electron chi connectivity index (χ3n) is 3.45. The van der Waals surface area contributed by atoms with Crippen LogP contribution in [-0.2, 0) is 9.59 Å². The normalized spacial score (nSPS) is 14.6. The third kappa shape index (κ3) is 3.55. The van der Waals surface area contributed by atoms with Gasteiger partial charge in [0.15, 0.2) is 0 Å². The molecule has 1 N–H and O–H groups in total. The van der Waals surface area contributed by atoms with Gasteiger partial charge in [0.25, 0.3) is 5.91 Å². The maximum Gasteiger partial charge on any atom is 0.394 e. The van der Waals surface area contributed by atoms with E-state index in [-0.39, 0.29) is 19.0 Å². The first-order valence-electron chi connectivity index (χ1n) is 7.07. The molecule has 118 valence electrons. The molecule has 0 aliphatic carbocycles. The summed E-state index contributed by atoms with van der Waals surface area (Å²) in [5, 5.41) is 8.67. The molecule has 1 saturated heterocycles. The van der Waals surface area contributed by atoms with E-state index in [2.05, 4.69) is 0 Å². The minimum atomic E-state index is -1.47. The monoisotopic (exact) mass is 306 g/mol. The Morgan fingerprint density at radius 2 is 1.59 bits per heavy atom. The number of carbonyl (C=O) groups excluding carboxylic acids is 2. The Labute approximate surface area is 128 Å². The van der Waals surface area contributed by atoms with Crippen LogP contribution in [0.3, 0.4) is 0 Å². The van der Waals surface area contributed by atoms with Crippen molar-refractivity contribution in [2.24, 2.45) is 0 Å². The number of amides is 2. The molecular weight excluding hydrogens is 288 g/mol. The molecule has 7 heteroatoms. The van der Waals surface area contributed by atoms with E-state index in [1.54, 1.807) is 29.2 Å². The second-order valence-electron chi connectivity index (χ2n) is 4.85. The summed E-state index contributed by atoms with van der Waals surface area (Å²) in [6.45, 7) is 3.56. The third-order valence-corrected chi connectivity index (χ3v) is 3.45. The number of rotatable bonds is 3. The van der Waals surface area contributed by atoms with E-state index < -0.39 is 11.9 Å². The van der Waals surface area contributed by atoms with Gasteiger partial charge in [-0.1, -0.05) is 0 Å². The van der Waals surface area contributed by atoms with E-state index >= 15 is 0 Å². The van der Waals surface area contributed by atoms with Crippen LogP contribution in [0.4, 0.5) is 0 Å². The highest BCUT2D eigenvalue weighted by molar-refractivity contribution is 6.31. The number of carboxylic acid groups (broad SMARTS) is 1. The van der Waals surface area contributed by atoms with Crippen LogP contribution in [-0.4, -0.2) is 65.5 Å². The van der Waals surface area contributed by atoms with Gasteiger partial charge in [0, 0.05) is 31.7 Å². The summed E-state index contributed by atoms with van der Waals surface area (Å²) in [5.74, 6) is -1.82. The second-order valence-corrected chi connectivity index (χ2v) is 4.85. The lowest BCUT2D eigenvalue weighted by atomic mass is 10.1. The van der Waals surface area contributed by atoms with Crippen LogP contribution >= 0.6 is 0 Å². The molecule has 1 aliphatic heterocycles. The molecule has 1 aliphatic rings. The van der Waals surface area contributed by atoms with E-state index in [1.807, 2.05) is 6.92 Å². The lowest BCUT2D eigenvalue weighted by Crippen LogP contribution is -2.52. The number of carbonyl (C=O) groups is 3. The summed E-state index contributed by atoms with van der Waals surface area (Å²) in [6, 6.07) is 6.87. The first-order valence-corrected chi connectivity index (χ1v) is 7.07. The number of hydrogen-bond acceptors (Lipinski definition) is 4. The minimum Gasteiger partial charge on any atom is -0.494 e. The summed E-state index contributed by atoms with van der Waals surface area (Å²) in [4.78, 5) is 37.2. The number of ether oxygens (including phenoxy) is 1. The Kier molecular flexibility index (Phi) is 4.98. The fraction of sp³-hybridized carbons (Fsp3) is 0.400. The molecular formula is C15H18N2O5. The van der Waals surface area contributed by atoms with Crippen LogP contribution in [0.1, 0.15) is 17.3 Å². The van der Waals surface area contributed by atoms with Crippen molar-refractivity contribution >= 4 is 17.8 Å². The standard InChI is InChI=1S/C15H18N2O5/c1-2-22-12-5-3-11(4-6-12)13(18)16-7-9-17(10-8-16)14(19)15(20)21/h3-6H,2,7-10H2,1H3,(H,20,21). The van der Waals surface area contributed by atoms with Crippen LogP contribution in [0.5, 0.6) is 5.75 Å². The Bertz CT molecular complexity index is 562. The Morgan fingerprint density at radius 3 is 2.09 bits per heavy atom. The lowest BCUT2D eigenvalue weighted by molar-refractivity contribution is -0.156. The van der Waals surface area contributed by atoms with Crippen molar-refractivity contribution in [1.29, 1.82) is 0 Å². The van der Waals surface area contributed by atoms with Gasteiger partial charge >= 0.3 is 11.9 Å². The number of benzene rings is 1. The van der Waals surface area contributed by atoms with Crippen molar-refractivity contribution in [1.82, 2.24) is 9.80 Å². The van der Waals surface area contributed by atoms with Crippen molar-refractivity contribution in [2.75, 3.05) is 32.8 Å². The van der Waals surface area contributed by atoms with Crippen LogP contribution in [0.15, 0.2) is 24.3 Å². The largest absolute Gasteiger partial charge is 0.494 e. The van der Waals surface area contributed by atoms with Crippen molar-refractivity contribution in [3.63, 3.8) is 0 Å². The first kappa shape index (κ1) is 15.8. The van der Waals surface area contributed by atoms with E-state index in [0.29, 0.717) is 31.0 Å². The molecule has 0 spiro atoms. The fourth-order valence-corrected chi connectivity index (χ4v) is 2.29. The molecule has 0 bridgehead atoms. The van der Waals surface area contributed by atoms with Crippen LogP contribution in [0.25, 0.3) is 0 Å². The number of carboxylic acids is 1. The average molecular weight is 306 g/mol. The number of nitrogens with zero attached hydrogens (tertiary/aromatic N) is 2. The highest BCUT2D eigenvalue weighted by Gasteiger charge is 2.27. The number of aliphatic carboxylic acids is 1. The van der Waals surface area contributed by atoms with Crippen LogP contribution in [0, 0.1) is 0 Å². The van der Waals surface area contributed by atoms with E-state index in [1.165, 1.54) is 4.90 Å². The summed E-state index contributed by atoms with van der Waals surface area (Å²) < 4.78 is 5.32. The van der Waals surface area contributed by atoms with Crippen LogP contribution < -0.4 is 4.74 Å². The average Bonchev–Trinajstić information content (AvgIpc) is 2.54. The topological polar surface area (TPSA) is 87.2 Å². The van der Waals surface area contributed by atoms with Gasteiger partial charge in [-0.15, -0.1) is 0 Å². The van der Waals surface area contributed by atoms with Gasteiger partial charge in [-0.2, -0.15) is 0 Å². The van der Waals surface area contributed by atoms with Gasteiger partial charge in [-0.3, -0.25) is 9.59 Å². The van der Waals surface area contributed by atoms with Gasteiger partial charge in [0.2, 0.25) is 0 Å². The molecule has 1 heterocycles. The Balaban J connectivity index is 1.94. The zero-order valence-electron chi connectivity index (χ0n) is 12.3. The predicted octanol–water partition coefficient (Wildman–Crippen LogP) is 0.454. The maximum atomic E-state index is 12.3. The van der Waals surface area contributed by atoms with Crippen molar-refractivity contribution in [3.05, 3.63) is 29.8 Å². The smallest absolute Gasteiger partial charge is 0.394 e. The fourth-order valence-electron chi connectivity index (χ4n) is 2.29. The molecule has 22 heavy (non-hydrogen) atoms. The Hall–Kier alpha value is -2.57. The highest BCUT2D eigenvalue weighted by Crippen LogP contribution is 2.15. The zero-order chi connectivity index (χ0) is 16.1. The van der Waals surface area contributed by atoms with Gasteiger partial charge in [-0.25, -0.2) is 4.79 Å². The summed E-state index contributed by atoms with van der Waals surface area (Å²) in [7, 11) is 0. The van der Waals surface area contributed by atoms with Gasteiger partial charge in [-0.05, 0) is 31.2 Å². The van der Waals surface area contributed by atoms with E-state index in [0.717, 1.165) is 0 Å². The molecule has 0 saturated carbocycles. The van der Waals surface area contributed by atoms with Crippen molar-refractivity contribution < 1.29 is 24.2 Å². The summed E-state index contributed by atoms with van der Waals surface area (Å²) in [6.07, 6.45) is 0. The van der Waals surface area contributed by atoms with Gasteiger partial charge < -0.3 is 19.6 Å². The number of hydrogen-bond donors (Lipinski definition) is 1. The molecule has 7 nitrogen and oxygen atoms in total. The lowest BCUT2D eigenvalue weighted by Gasteiger charge is -2.33. The molecule has 2 rings (SSSR count). The van der Waals surface area contributed by atoms with Crippen LogP contribution in [0.2, 0.25) is 0 Å². The Morgan fingerprint density at radius 1 is 1.05 bits per heavy atom. The second kappa shape index (κ2) is 6.93. The first-order chi connectivity index (χ1) is 10.5. The molecule has 0 aromatic heterocycles. The molecule has 0 radical (unpaired) electrons. The van der Waals surface area contributed by atoms with Gasteiger partial charge in [0.05, 0.1) is 6.61 Å². The van der Waals surface area contributed by atoms with Crippen molar-refractivity contribution in [2.45, 2.75) is 6.92 Å². The van der Waals surface area contributed by atoms with E-state index in [9.17, 15) is 14.4 Å². The minimum absolute atomic E-state index is 0.134. The molecule has 2 amide bonds. The summed E-state index contributed by atoms with van der Waals surface area (Å²) >= 11 is 0. The van der Waals surface area contributed by atoms with E-state index in [4.69, 9.17) is 9.84 Å². The zero-order valence-corrected chi connectivity index (χ0v) is 12.3. The molecule has 0 unspecified atom stereocenters. The predicted molar refractivity (Wildman–Crippen MR) is 77.7 cm³/mol. The maximum absolute atomic E-state index is 12.3. The number of piperazine rings is 1. The molecule has 1 fully saturated rings. The molecule has 1 aromatic carbocycles. The highest BCUT2D eigenvalue weighted by atomic mass is 16.5. The quantitative estimate of drug-likeness (QED) is 0.820.